The predicted molar refractivity (Wildman–Crippen MR) is 97.6 cm³/mol. The summed E-state index contributed by atoms with van der Waals surface area (Å²) in [6.07, 6.45) is 3.46. The maximum atomic E-state index is 11.7. The van der Waals surface area contributed by atoms with E-state index in [1.165, 1.54) is 35.2 Å². The molecule has 4 rings (SSSR count). The van der Waals surface area contributed by atoms with E-state index in [0.29, 0.717) is 18.3 Å². The van der Waals surface area contributed by atoms with Crippen LogP contribution >= 0.6 is 0 Å². The van der Waals surface area contributed by atoms with Crippen LogP contribution < -0.4 is 5.43 Å². The van der Waals surface area contributed by atoms with Gasteiger partial charge in [0.2, 0.25) is 5.43 Å². The first-order valence-corrected chi connectivity index (χ1v) is 8.67. The fourth-order valence-corrected chi connectivity index (χ4v) is 3.35. The second-order valence-corrected chi connectivity index (χ2v) is 6.78. The van der Waals surface area contributed by atoms with Gasteiger partial charge in [0, 0.05) is 18.2 Å². The molecule has 0 radical (unpaired) electrons. The molecule has 1 N–H and O–H groups in total. The summed E-state index contributed by atoms with van der Waals surface area (Å²) >= 11 is 0. The first-order valence-electron chi connectivity index (χ1n) is 8.67. The largest absolute Gasteiger partial charge is 0.502 e. The van der Waals surface area contributed by atoms with Crippen LogP contribution in [0.1, 0.15) is 37.1 Å². The Morgan fingerprint density at radius 3 is 2.64 bits per heavy atom. The lowest BCUT2D eigenvalue weighted by molar-refractivity contribution is 0.173. The second kappa shape index (κ2) is 6.37. The van der Waals surface area contributed by atoms with Gasteiger partial charge in [-0.1, -0.05) is 36.4 Å². The van der Waals surface area contributed by atoms with Crippen molar-refractivity contribution >= 4 is 10.8 Å². The smallest absolute Gasteiger partial charge is 0.226 e. The molecule has 4 heteroatoms. The third-order valence-electron chi connectivity index (χ3n) is 4.97. The van der Waals surface area contributed by atoms with Crippen LogP contribution in [0.25, 0.3) is 10.8 Å². The van der Waals surface area contributed by atoms with E-state index in [1.807, 2.05) is 0 Å². The fraction of sp³-hybridized carbons (Fsp3) is 0.286. The number of hydrogen-bond acceptors (Lipinski definition) is 4. The van der Waals surface area contributed by atoms with Gasteiger partial charge in [0.15, 0.2) is 5.75 Å². The molecular formula is C21H21NO3. The molecule has 1 fully saturated rings. The van der Waals surface area contributed by atoms with Gasteiger partial charge in [0.1, 0.15) is 12.0 Å². The first-order chi connectivity index (χ1) is 12.1. The average Bonchev–Trinajstić information content (AvgIpc) is 3.46. The Bertz CT molecular complexity index is 959. The van der Waals surface area contributed by atoms with Gasteiger partial charge in [-0.2, -0.15) is 0 Å². The minimum absolute atomic E-state index is 0.219. The third kappa shape index (κ3) is 3.30. The highest BCUT2D eigenvalue weighted by molar-refractivity contribution is 5.83. The molecule has 0 spiro atoms. The van der Waals surface area contributed by atoms with Crippen LogP contribution in [0.2, 0.25) is 0 Å². The summed E-state index contributed by atoms with van der Waals surface area (Å²) in [4.78, 5) is 14.0. The third-order valence-corrected chi connectivity index (χ3v) is 4.97. The summed E-state index contributed by atoms with van der Waals surface area (Å²) < 4.78 is 5.41. The highest BCUT2D eigenvalue weighted by Gasteiger charge is 2.33. The maximum Gasteiger partial charge on any atom is 0.226 e. The lowest BCUT2D eigenvalue weighted by Crippen LogP contribution is -2.29. The van der Waals surface area contributed by atoms with E-state index < -0.39 is 5.43 Å². The molecule has 2 aromatic carbocycles. The summed E-state index contributed by atoms with van der Waals surface area (Å²) in [6, 6.07) is 17.0. The van der Waals surface area contributed by atoms with Gasteiger partial charge in [0.25, 0.3) is 0 Å². The quantitative estimate of drug-likeness (QED) is 0.758. The van der Waals surface area contributed by atoms with E-state index in [9.17, 15) is 9.90 Å². The SMILES string of the molecule is CC(c1ccc2ccccc2c1)N(Cc1cc(=O)c(O)co1)C1CC1. The van der Waals surface area contributed by atoms with Crippen LogP contribution in [0.3, 0.4) is 0 Å². The van der Waals surface area contributed by atoms with E-state index in [2.05, 4.69) is 54.3 Å². The van der Waals surface area contributed by atoms with Crippen LogP contribution in [-0.2, 0) is 6.54 Å². The maximum absolute atomic E-state index is 11.7. The van der Waals surface area contributed by atoms with Gasteiger partial charge < -0.3 is 9.52 Å². The van der Waals surface area contributed by atoms with Crippen molar-refractivity contribution in [2.75, 3.05) is 0 Å². The standard InChI is InChI=1S/C21H21NO3/c1-14(16-7-6-15-4-2-3-5-17(15)10-16)22(18-8-9-18)12-19-11-20(23)21(24)13-25-19/h2-7,10-11,13-14,18,24H,8-9,12H2,1H3. The molecular weight excluding hydrogens is 314 g/mol. The van der Waals surface area contributed by atoms with E-state index in [1.54, 1.807) is 0 Å². The molecule has 4 nitrogen and oxygen atoms in total. The van der Waals surface area contributed by atoms with E-state index in [0.717, 1.165) is 6.26 Å². The Hall–Kier alpha value is -2.59. The van der Waals surface area contributed by atoms with Gasteiger partial charge in [-0.15, -0.1) is 0 Å². The molecule has 1 unspecified atom stereocenters. The molecule has 1 aromatic heterocycles. The summed E-state index contributed by atoms with van der Waals surface area (Å²) in [5.74, 6) is 0.242. The number of fused-ring (bicyclic) bond motifs is 1. The van der Waals surface area contributed by atoms with Crippen molar-refractivity contribution in [3.8, 4) is 5.75 Å². The number of nitrogens with zero attached hydrogens (tertiary/aromatic N) is 1. The number of aromatic hydroxyl groups is 1. The normalized spacial score (nSPS) is 15.6. The number of benzene rings is 2. The summed E-state index contributed by atoms with van der Waals surface area (Å²) in [6.45, 7) is 2.76. The van der Waals surface area contributed by atoms with E-state index >= 15 is 0 Å². The molecule has 0 saturated heterocycles. The molecule has 1 aliphatic rings. The molecule has 1 aliphatic carbocycles. The van der Waals surface area contributed by atoms with Crippen molar-refractivity contribution in [2.24, 2.45) is 0 Å². The fourth-order valence-electron chi connectivity index (χ4n) is 3.35. The van der Waals surface area contributed by atoms with Crippen LogP contribution in [0.15, 0.2) is 64.0 Å². The van der Waals surface area contributed by atoms with Crippen LogP contribution in [-0.4, -0.2) is 16.0 Å². The zero-order chi connectivity index (χ0) is 17.4. The Morgan fingerprint density at radius 1 is 1.16 bits per heavy atom. The minimum atomic E-state index is -0.393. The molecule has 0 aliphatic heterocycles. The monoisotopic (exact) mass is 335 g/mol. The summed E-state index contributed by atoms with van der Waals surface area (Å²) in [7, 11) is 0. The molecule has 1 saturated carbocycles. The molecule has 128 valence electrons. The van der Waals surface area contributed by atoms with E-state index in [-0.39, 0.29) is 11.8 Å². The van der Waals surface area contributed by atoms with Gasteiger partial charge in [-0.05, 0) is 42.2 Å². The van der Waals surface area contributed by atoms with Crippen molar-refractivity contribution < 1.29 is 9.52 Å². The molecule has 25 heavy (non-hydrogen) atoms. The zero-order valence-corrected chi connectivity index (χ0v) is 14.2. The average molecular weight is 335 g/mol. The Kier molecular flexibility index (Phi) is 4.06. The Labute approximate surface area is 146 Å². The second-order valence-electron chi connectivity index (χ2n) is 6.78. The number of rotatable bonds is 5. The molecule has 0 amide bonds. The van der Waals surface area contributed by atoms with Crippen molar-refractivity contribution in [2.45, 2.75) is 38.4 Å². The molecule has 0 bridgehead atoms. The number of hydrogen-bond donors (Lipinski definition) is 1. The summed E-state index contributed by atoms with van der Waals surface area (Å²) in [5.41, 5.74) is 0.863. The minimum Gasteiger partial charge on any atom is -0.502 e. The van der Waals surface area contributed by atoms with Crippen LogP contribution in [0, 0.1) is 0 Å². The summed E-state index contributed by atoms with van der Waals surface area (Å²) in [5, 5.41) is 11.8. The van der Waals surface area contributed by atoms with Crippen molar-refractivity contribution in [3.63, 3.8) is 0 Å². The van der Waals surface area contributed by atoms with Crippen molar-refractivity contribution in [1.29, 1.82) is 0 Å². The lowest BCUT2D eigenvalue weighted by Gasteiger charge is -2.29. The van der Waals surface area contributed by atoms with Gasteiger partial charge in [-0.3, -0.25) is 9.69 Å². The van der Waals surface area contributed by atoms with Gasteiger partial charge >= 0.3 is 0 Å². The topological polar surface area (TPSA) is 53.7 Å². The van der Waals surface area contributed by atoms with Crippen molar-refractivity contribution in [3.05, 3.63) is 76.3 Å². The zero-order valence-electron chi connectivity index (χ0n) is 14.2. The van der Waals surface area contributed by atoms with Gasteiger partial charge in [-0.25, -0.2) is 0 Å². The molecule has 1 heterocycles. The molecule has 3 aromatic rings. The molecule has 1 atom stereocenters. The predicted octanol–water partition coefficient (Wildman–Crippen LogP) is 4.22. The first kappa shape index (κ1) is 15.9. The Morgan fingerprint density at radius 2 is 1.92 bits per heavy atom. The highest BCUT2D eigenvalue weighted by Crippen LogP contribution is 2.36. The van der Waals surface area contributed by atoms with Crippen LogP contribution in [0.4, 0.5) is 0 Å². The van der Waals surface area contributed by atoms with Crippen molar-refractivity contribution in [1.82, 2.24) is 4.90 Å². The highest BCUT2D eigenvalue weighted by atomic mass is 16.4. The Balaban J connectivity index is 1.62. The van der Waals surface area contributed by atoms with Crippen LogP contribution in [0.5, 0.6) is 5.75 Å². The van der Waals surface area contributed by atoms with Gasteiger partial charge in [0.05, 0.1) is 6.54 Å². The van der Waals surface area contributed by atoms with E-state index in [4.69, 9.17) is 4.42 Å². The lowest BCUT2D eigenvalue weighted by atomic mass is 10.0.